The molecule has 0 aliphatic carbocycles. The summed E-state index contributed by atoms with van der Waals surface area (Å²) in [6.07, 6.45) is 3.73. The van der Waals surface area contributed by atoms with Gasteiger partial charge in [-0.2, -0.15) is 5.10 Å². The van der Waals surface area contributed by atoms with Crippen molar-refractivity contribution in [2.24, 2.45) is 7.05 Å². The van der Waals surface area contributed by atoms with Crippen LogP contribution in [0.3, 0.4) is 0 Å². The van der Waals surface area contributed by atoms with Crippen LogP contribution < -0.4 is 10.2 Å². The van der Waals surface area contributed by atoms with Crippen LogP contribution in [-0.4, -0.2) is 53.6 Å². The molecule has 1 saturated heterocycles. The minimum Gasteiger partial charge on any atom is -0.343 e. The number of aromatic nitrogens is 2. The molecule has 1 atom stereocenters. The number of nitrogens with one attached hydrogen (secondary N) is 1. The first-order chi connectivity index (χ1) is 10.2. The molecule has 8 nitrogen and oxygen atoms in total. The lowest BCUT2D eigenvalue weighted by molar-refractivity contribution is -0.125. The minimum atomic E-state index is -3.47. The summed E-state index contributed by atoms with van der Waals surface area (Å²) in [6.45, 7) is 3.51. The highest BCUT2D eigenvalue weighted by atomic mass is 32.2. The molecule has 1 N–H and O–H groups in total. The summed E-state index contributed by atoms with van der Waals surface area (Å²) in [5, 5.41) is 5.89. The van der Waals surface area contributed by atoms with Crippen molar-refractivity contribution in [2.45, 2.75) is 31.6 Å². The average Bonchev–Trinajstić information content (AvgIpc) is 2.96. The molecule has 0 saturated carbocycles. The van der Waals surface area contributed by atoms with E-state index in [9.17, 15) is 18.0 Å². The Bertz CT molecular complexity index is 680. The standard InChI is InChI=1S/C13H20N4O4S/c1-9(2)22(20,21)8-12(18)15-11-4-5-17(13(11)19)10-6-14-16(3)7-10/h6-7,9,11H,4-5,8H2,1-3H3,(H,15,18). The average molecular weight is 328 g/mol. The number of hydrogen-bond donors (Lipinski definition) is 1. The normalized spacial score (nSPS) is 19.0. The summed E-state index contributed by atoms with van der Waals surface area (Å²) < 4.78 is 25.0. The molecule has 0 spiro atoms. The Kier molecular flexibility index (Phi) is 4.55. The maximum atomic E-state index is 12.3. The number of carbonyl (C=O) groups is 2. The first kappa shape index (κ1) is 16.5. The third-order valence-corrected chi connectivity index (χ3v) is 5.70. The van der Waals surface area contributed by atoms with E-state index >= 15 is 0 Å². The van der Waals surface area contributed by atoms with E-state index in [0.29, 0.717) is 18.7 Å². The number of sulfone groups is 1. The zero-order chi connectivity index (χ0) is 16.5. The summed E-state index contributed by atoms with van der Waals surface area (Å²) in [5.74, 6) is -1.48. The van der Waals surface area contributed by atoms with E-state index in [2.05, 4.69) is 10.4 Å². The molecule has 0 aromatic carbocycles. The summed E-state index contributed by atoms with van der Waals surface area (Å²) >= 11 is 0. The predicted octanol–water partition coefficient (Wildman–Crippen LogP) is -0.535. The maximum absolute atomic E-state index is 12.3. The van der Waals surface area contributed by atoms with E-state index in [1.54, 1.807) is 24.1 Å². The Balaban J connectivity index is 1.98. The number of nitrogens with zero attached hydrogens (tertiary/aromatic N) is 3. The molecule has 22 heavy (non-hydrogen) atoms. The smallest absolute Gasteiger partial charge is 0.249 e. The molecule has 1 aliphatic rings. The van der Waals surface area contributed by atoms with Gasteiger partial charge in [0.15, 0.2) is 9.84 Å². The SMILES string of the molecule is CC(C)S(=O)(=O)CC(=O)NC1CCN(c2cnn(C)c2)C1=O. The topological polar surface area (TPSA) is 101 Å². The highest BCUT2D eigenvalue weighted by Crippen LogP contribution is 2.20. The molecule has 1 aliphatic heterocycles. The molecule has 2 rings (SSSR count). The molecule has 1 fully saturated rings. The third-order valence-electron chi connectivity index (χ3n) is 3.59. The number of hydrogen-bond acceptors (Lipinski definition) is 5. The fraction of sp³-hybridized carbons (Fsp3) is 0.615. The molecule has 0 radical (unpaired) electrons. The third kappa shape index (κ3) is 3.46. The van der Waals surface area contributed by atoms with Crippen LogP contribution in [0.4, 0.5) is 5.69 Å². The fourth-order valence-electron chi connectivity index (χ4n) is 2.20. The van der Waals surface area contributed by atoms with E-state index in [-0.39, 0.29) is 5.91 Å². The predicted molar refractivity (Wildman–Crippen MR) is 81.0 cm³/mol. The van der Waals surface area contributed by atoms with Crippen LogP contribution >= 0.6 is 0 Å². The van der Waals surface area contributed by atoms with Gasteiger partial charge in [0.25, 0.3) is 0 Å². The van der Waals surface area contributed by atoms with E-state index < -0.39 is 32.8 Å². The Morgan fingerprint density at radius 2 is 2.18 bits per heavy atom. The second-order valence-electron chi connectivity index (χ2n) is 5.63. The summed E-state index contributed by atoms with van der Waals surface area (Å²) in [4.78, 5) is 25.6. The number of aryl methyl sites for hydroxylation is 1. The first-order valence-electron chi connectivity index (χ1n) is 7.01. The Hall–Kier alpha value is -1.90. The molecule has 9 heteroatoms. The van der Waals surface area contributed by atoms with Gasteiger partial charge >= 0.3 is 0 Å². The molecule has 1 aromatic rings. The molecule has 1 aromatic heterocycles. The minimum absolute atomic E-state index is 0.247. The lowest BCUT2D eigenvalue weighted by Gasteiger charge is -2.15. The molecule has 2 heterocycles. The number of anilines is 1. The number of amides is 2. The Labute approximate surface area is 129 Å². The fourth-order valence-corrected chi connectivity index (χ4v) is 2.99. The van der Waals surface area contributed by atoms with E-state index in [1.807, 2.05) is 0 Å². The summed E-state index contributed by atoms with van der Waals surface area (Å²) in [6, 6.07) is -0.685. The molecule has 0 bridgehead atoms. The van der Waals surface area contributed by atoms with Gasteiger partial charge in [-0.25, -0.2) is 8.42 Å². The van der Waals surface area contributed by atoms with E-state index in [0.717, 1.165) is 0 Å². The van der Waals surface area contributed by atoms with Gasteiger partial charge in [0.05, 0.1) is 17.1 Å². The van der Waals surface area contributed by atoms with Gasteiger partial charge in [0.1, 0.15) is 11.8 Å². The first-order valence-corrected chi connectivity index (χ1v) is 8.73. The van der Waals surface area contributed by atoms with Crippen LogP contribution in [0.25, 0.3) is 0 Å². The van der Waals surface area contributed by atoms with Crippen LogP contribution in [0.1, 0.15) is 20.3 Å². The Morgan fingerprint density at radius 3 is 2.73 bits per heavy atom. The van der Waals surface area contributed by atoms with Crippen LogP contribution in [0.2, 0.25) is 0 Å². The van der Waals surface area contributed by atoms with Crippen molar-refractivity contribution >= 4 is 27.3 Å². The zero-order valence-electron chi connectivity index (χ0n) is 12.8. The van der Waals surface area contributed by atoms with Gasteiger partial charge < -0.3 is 10.2 Å². The van der Waals surface area contributed by atoms with Crippen LogP contribution in [-0.2, 0) is 26.5 Å². The highest BCUT2D eigenvalue weighted by molar-refractivity contribution is 7.92. The van der Waals surface area contributed by atoms with E-state index in [4.69, 9.17) is 0 Å². The molecule has 1 unspecified atom stereocenters. The Morgan fingerprint density at radius 1 is 1.50 bits per heavy atom. The summed E-state index contributed by atoms with van der Waals surface area (Å²) in [5.41, 5.74) is 0.666. The monoisotopic (exact) mass is 328 g/mol. The van der Waals surface area contributed by atoms with Gasteiger partial charge in [-0.05, 0) is 20.3 Å². The highest BCUT2D eigenvalue weighted by Gasteiger charge is 2.35. The lowest BCUT2D eigenvalue weighted by Crippen LogP contribution is -2.44. The van der Waals surface area contributed by atoms with Crippen molar-refractivity contribution in [3.63, 3.8) is 0 Å². The molecular weight excluding hydrogens is 308 g/mol. The van der Waals surface area contributed by atoms with Crippen molar-refractivity contribution in [3.05, 3.63) is 12.4 Å². The van der Waals surface area contributed by atoms with Crippen molar-refractivity contribution in [3.8, 4) is 0 Å². The summed E-state index contributed by atoms with van der Waals surface area (Å²) in [7, 11) is -1.72. The molecule has 122 valence electrons. The van der Waals surface area contributed by atoms with Crippen molar-refractivity contribution in [2.75, 3.05) is 17.2 Å². The van der Waals surface area contributed by atoms with Gasteiger partial charge in [-0.1, -0.05) is 0 Å². The van der Waals surface area contributed by atoms with Crippen molar-refractivity contribution in [1.82, 2.24) is 15.1 Å². The van der Waals surface area contributed by atoms with Crippen LogP contribution in [0.15, 0.2) is 12.4 Å². The molecule has 2 amide bonds. The van der Waals surface area contributed by atoms with Crippen LogP contribution in [0.5, 0.6) is 0 Å². The van der Waals surface area contributed by atoms with Gasteiger partial charge in [0, 0.05) is 19.8 Å². The number of rotatable bonds is 5. The van der Waals surface area contributed by atoms with E-state index in [1.165, 1.54) is 18.7 Å². The lowest BCUT2D eigenvalue weighted by atomic mass is 10.2. The van der Waals surface area contributed by atoms with Crippen molar-refractivity contribution < 1.29 is 18.0 Å². The zero-order valence-corrected chi connectivity index (χ0v) is 13.6. The number of carbonyl (C=O) groups excluding carboxylic acids is 2. The van der Waals surface area contributed by atoms with Crippen LogP contribution in [0, 0.1) is 0 Å². The van der Waals surface area contributed by atoms with Gasteiger partial charge in [-0.3, -0.25) is 14.3 Å². The van der Waals surface area contributed by atoms with Crippen molar-refractivity contribution in [1.29, 1.82) is 0 Å². The van der Waals surface area contributed by atoms with Gasteiger partial charge in [0.2, 0.25) is 11.8 Å². The maximum Gasteiger partial charge on any atom is 0.249 e. The quantitative estimate of drug-likeness (QED) is 0.782. The van der Waals surface area contributed by atoms with Gasteiger partial charge in [-0.15, -0.1) is 0 Å². The second-order valence-corrected chi connectivity index (χ2v) is 8.18. The molecular formula is C13H20N4O4S. The second kappa shape index (κ2) is 6.07. The largest absolute Gasteiger partial charge is 0.343 e.